The van der Waals surface area contributed by atoms with Crippen LogP contribution in [0.3, 0.4) is 0 Å². The summed E-state index contributed by atoms with van der Waals surface area (Å²) in [5.41, 5.74) is 6.94. The normalized spacial score (nSPS) is 17.9. The number of halogens is 1. The van der Waals surface area contributed by atoms with Gasteiger partial charge in [0.2, 0.25) is 0 Å². The van der Waals surface area contributed by atoms with Gasteiger partial charge in [-0.05, 0) is 23.6 Å². The Morgan fingerprint density at radius 1 is 1.10 bits per heavy atom. The molecule has 3 rings (SSSR count). The average Bonchev–Trinajstić information content (AvgIpc) is 3.03. The maximum atomic E-state index is 13.8. The van der Waals surface area contributed by atoms with Crippen LogP contribution in [0, 0.1) is 5.82 Å². The van der Waals surface area contributed by atoms with Crippen molar-refractivity contribution in [3.63, 3.8) is 0 Å². The molecule has 2 heterocycles. The quantitative estimate of drug-likeness (QED) is 0.942. The van der Waals surface area contributed by atoms with Gasteiger partial charge in [-0.1, -0.05) is 18.2 Å². The number of thiophene rings is 1. The van der Waals surface area contributed by atoms with E-state index in [0.29, 0.717) is 5.69 Å². The summed E-state index contributed by atoms with van der Waals surface area (Å²) in [5, 5.41) is 2.06. The molecule has 2 N–H and O–H groups in total. The number of anilines is 1. The van der Waals surface area contributed by atoms with Gasteiger partial charge in [-0.3, -0.25) is 4.90 Å². The maximum absolute atomic E-state index is 13.8. The van der Waals surface area contributed by atoms with E-state index in [1.165, 1.54) is 10.9 Å². The van der Waals surface area contributed by atoms with Crippen molar-refractivity contribution in [3.05, 3.63) is 52.5 Å². The molecular formula is C16H20FN3S. The fourth-order valence-electron chi connectivity index (χ4n) is 2.75. The molecule has 1 saturated heterocycles. The Labute approximate surface area is 128 Å². The number of nitrogens with two attached hydrogens (primary N) is 1. The third-order valence-electron chi connectivity index (χ3n) is 3.93. The minimum Gasteiger partial charge on any atom is -0.367 e. The van der Waals surface area contributed by atoms with Crippen LogP contribution in [0.25, 0.3) is 0 Å². The van der Waals surface area contributed by atoms with Gasteiger partial charge in [-0.25, -0.2) is 4.39 Å². The first-order chi connectivity index (χ1) is 10.2. The van der Waals surface area contributed by atoms with E-state index in [-0.39, 0.29) is 11.9 Å². The van der Waals surface area contributed by atoms with E-state index >= 15 is 0 Å². The van der Waals surface area contributed by atoms with E-state index in [1.807, 2.05) is 18.2 Å². The van der Waals surface area contributed by atoms with Gasteiger partial charge >= 0.3 is 0 Å². The molecule has 1 unspecified atom stereocenters. The van der Waals surface area contributed by atoms with E-state index < -0.39 is 0 Å². The Balaban J connectivity index is 1.55. The number of piperazine rings is 1. The monoisotopic (exact) mass is 305 g/mol. The summed E-state index contributed by atoms with van der Waals surface area (Å²) in [6.07, 6.45) is 0. The highest BCUT2D eigenvalue weighted by Gasteiger charge is 2.21. The number of hydrogen-bond acceptors (Lipinski definition) is 4. The summed E-state index contributed by atoms with van der Waals surface area (Å²) >= 11 is 1.71. The number of rotatable bonds is 4. The van der Waals surface area contributed by atoms with Crippen molar-refractivity contribution in [3.8, 4) is 0 Å². The summed E-state index contributed by atoms with van der Waals surface area (Å²) in [6.45, 7) is 4.41. The fourth-order valence-corrected chi connectivity index (χ4v) is 3.47. The summed E-state index contributed by atoms with van der Waals surface area (Å²) in [6, 6.07) is 11.2. The highest BCUT2D eigenvalue weighted by molar-refractivity contribution is 7.10. The topological polar surface area (TPSA) is 32.5 Å². The van der Waals surface area contributed by atoms with Crippen molar-refractivity contribution in [1.29, 1.82) is 0 Å². The van der Waals surface area contributed by atoms with Gasteiger partial charge in [-0.15, -0.1) is 11.3 Å². The van der Waals surface area contributed by atoms with Gasteiger partial charge < -0.3 is 10.6 Å². The van der Waals surface area contributed by atoms with Gasteiger partial charge in [0, 0.05) is 37.6 Å². The molecule has 0 aliphatic carbocycles. The van der Waals surface area contributed by atoms with Crippen molar-refractivity contribution in [2.45, 2.75) is 6.04 Å². The molecule has 2 aromatic rings. The second kappa shape index (κ2) is 6.56. The van der Waals surface area contributed by atoms with Gasteiger partial charge in [0.25, 0.3) is 0 Å². The first-order valence-corrected chi connectivity index (χ1v) is 8.13. The Morgan fingerprint density at radius 3 is 2.52 bits per heavy atom. The molecular weight excluding hydrogens is 285 g/mol. The second-order valence-electron chi connectivity index (χ2n) is 5.36. The van der Waals surface area contributed by atoms with Crippen LogP contribution < -0.4 is 10.6 Å². The van der Waals surface area contributed by atoms with E-state index in [4.69, 9.17) is 5.73 Å². The molecule has 3 nitrogen and oxygen atoms in total. The lowest BCUT2D eigenvalue weighted by Crippen LogP contribution is -2.48. The minimum atomic E-state index is -0.138. The lowest BCUT2D eigenvalue weighted by molar-refractivity contribution is 0.243. The maximum Gasteiger partial charge on any atom is 0.146 e. The molecule has 1 atom stereocenters. The largest absolute Gasteiger partial charge is 0.367 e. The molecule has 0 radical (unpaired) electrons. The molecule has 1 aromatic heterocycles. The van der Waals surface area contributed by atoms with E-state index in [0.717, 1.165) is 32.7 Å². The summed E-state index contributed by atoms with van der Waals surface area (Å²) in [4.78, 5) is 5.70. The predicted molar refractivity (Wildman–Crippen MR) is 86.3 cm³/mol. The zero-order valence-electron chi connectivity index (χ0n) is 11.9. The average molecular weight is 305 g/mol. The molecule has 21 heavy (non-hydrogen) atoms. The zero-order valence-corrected chi connectivity index (χ0v) is 12.7. The molecule has 1 fully saturated rings. The van der Waals surface area contributed by atoms with E-state index in [2.05, 4.69) is 21.2 Å². The van der Waals surface area contributed by atoms with Gasteiger partial charge in [0.05, 0.1) is 11.7 Å². The first kappa shape index (κ1) is 14.5. The van der Waals surface area contributed by atoms with Crippen molar-refractivity contribution in [1.82, 2.24) is 4.90 Å². The van der Waals surface area contributed by atoms with Crippen molar-refractivity contribution in [2.75, 3.05) is 37.6 Å². The van der Waals surface area contributed by atoms with Crippen LogP contribution in [0.5, 0.6) is 0 Å². The Hall–Kier alpha value is -1.43. The zero-order chi connectivity index (χ0) is 14.7. The molecule has 0 amide bonds. The van der Waals surface area contributed by atoms with Crippen molar-refractivity contribution < 1.29 is 4.39 Å². The highest BCUT2D eigenvalue weighted by Crippen LogP contribution is 2.22. The Morgan fingerprint density at radius 2 is 1.86 bits per heavy atom. The van der Waals surface area contributed by atoms with Crippen LogP contribution >= 0.6 is 11.3 Å². The van der Waals surface area contributed by atoms with Crippen LogP contribution in [0.1, 0.15) is 10.9 Å². The smallest absolute Gasteiger partial charge is 0.146 e. The molecule has 1 aliphatic rings. The molecule has 5 heteroatoms. The van der Waals surface area contributed by atoms with Crippen LogP contribution in [-0.2, 0) is 0 Å². The van der Waals surface area contributed by atoms with Crippen LogP contribution in [0.4, 0.5) is 10.1 Å². The summed E-state index contributed by atoms with van der Waals surface area (Å²) in [7, 11) is 0. The van der Waals surface area contributed by atoms with Crippen molar-refractivity contribution >= 4 is 17.0 Å². The number of hydrogen-bond donors (Lipinski definition) is 1. The Bertz CT molecular complexity index is 565. The van der Waals surface area contributed by atoms with Crippen LogP contribution in [-0.4, -0.2) is 37.6 Å². The molecule has 1 aliphatic heterocycles. The van der Waals surface area contributed by atoms with Gasteiger partial charge in [0.15, 0.2) is 0 Å². The lowest BCUT2D eigenvalue weighted by atomic mass is 10.2. The molecule has 112 valence electrons. The molecule has 0 saturated carbocycles. The molecule has 1 aromatic carbocycles. The summed E-state index contributed by atoms with van der Waals surface area (Å²) in [5.74, 6) is -0.138. The third-order valence-corrected chi connectivity index (χ3v) is 4.93. The third kappa shape index (κ3) is 3.43. The predicted octanol–water partition coefficient (Wildman–Crippen LogP) is 2.71. The van der Waals surface area contributed by atoms with Gasteiger partial charge in [0.1, 0.15) is 5.82 Å². The number of nitrogens with zero attached hydrogens (tertiary/aromatic N) is 2. The highest BCUT2D eigenvalue weighted by atomic mass is 32.1. The lowest BCUT2D eigenvalue weighted by Gasteiger charge is -2.37. The number of para-hydroxylation sites is 1. The van der Waals surface area contributed by atoms with Crippen molar-refractivity contribution in [2.24, 2.45) is 5.73 Å². The SMILES string of the molecule is NC(CN1CCN(c2ccccc2F)CC1)c1cccs1. The molecule has 0 spiro atoms. The minimum absolute atomic E-state index is 0.0741. The Kier molecular flexibility index (Phi) is 4.53. The summed E-state index contributed by atoms with van der Waals surface area (Å²) < 4.78 is 13.8. The van der Waals surface area contributed by atoms with E-state index in [9.17, 15) is 4.39 Å². The number of benzene rings is 1. The van der Waals surface area contributed by atoms with Crippen LogP contribution in [0.15, 0.2) is 41.8 Å². The first-order valence-electron chi connectivity index (χ1n) is 7.25. The van der Waals surface area contributed by atoms with Crippen LogP contribution in [0.2, 0.25) is 0 Å². The van der Waals surface area contributed by atoms with E-state index in [1.54, 1.807) is 17.4 Å². The standard InChI is InChI=1S/C16H20FN3S/c17-13-4-1-2-5-15(13)20-9-7-19(8-10-20)12-14(18)16-6-3-11-21-16/h1-6,11,14H,7-10,12,18H2. The second-order valence-corrected chi connectivity index (χ2v) is 6.34. The fraction of sp³-hybridized carbons (Fsp3) is 0.375. The van der Waals surface area contributed by atoms with Gasteiger partial charge in [-0.2, -0.15) is 0 Å². The molecule has 0 bridgehead atoms.